The monoisotopic (exact) mass is 308 g/mol. The van der Waals surface area contributed by atoms with Gasteiger partial charge in [0.2, 0.25) is 17.5 Å². The standard InChI is InChI=1S/C12H12N4O6/c1-6-2-8(15(19)20)11(9(3-6)16(21)22)14-5-7(12(13)18)4-10(14)17/h2-3,7H,4-5H2,1H3,(H2,13,18). The fourth-order valence-corrected chi connectivity index (χ4v) is 2.41. The Morgan fingerprint density at radius 3 is 2.14 bits per heavy atom. The molecule has 0 spiro atoms. The molecule has 22 heavy (non-hydrogen) atoms. The second kappa shape index (κ2) is 5.39. The molecule has 2 amide bonds. The van der Waals surface area contributed by atoms with Gasteiger partial charge in [-0.2, -0.15) is 0 Å². The van der Waals surface area contributed by atoms with Crippen LogP contribution in [0.5, 0.6) is 0 Å². The number of hydrogen-bond acceptors (Lipinski definition) is 6. The minimum atomic E-state index is -0.826. The van der Waals surface area contributed by atoms with Gasteiger partial charge < -0.3 is 5.73 Å². The maximum Gasteiger partial charge on any atom is 0.300 e. The predicted molar refractivity (Wildman–Crippen MR) is 74.1 cm³/mol. The number of carbonyl (C=O) groups excluding carboxylic acids is 2. The molecule has 1 heterocycles. The van der Waals surface area contributed by atoms with Gasteiger partial charge in [-0.05, 0) is 12.5 Å². The van der Waals surface area contributed by atoms with Crippen molar-refractivity contribution in [2.24, 2.45) is 11.7 Å². The Balaban J connectivity index is 2.63. The Morgan fingerprint density at radius 2 is 1.77 bits per heavy atom. The topological polar surface area (TPSA) is 150 Å². The van der Waals surface area contributed by atoms with Gasteiger partial charge in [-0.25, -0.2) is 0 Å². The van der Waals surface area contributed by atoms with Crippen molar-refractivity contribution in [3.63, 3.8) is 0 Å². The van der Waals surface area contributed by atoms with E-state index in [1.807, 2.05) is 0 Å². The van der Waals surface area contributed by atoms with Gasteiger partial charge in [-0.3, -0.25) is 34.7 Å². The summed E-state index contributed by atoms with van der Waals surface area (Å²) in [6.07, 6.45) is -0.225. The molecule has 1 aromatic rings. The third-order valence-corrected chi connectivity index (χ3v) is 3.40. The molecule has 1 saturated heterocycles. The molecule has 0 bridgehead atoms. The summed E-state index contributed by atoms with van der Waals surface area (Å²) in [5.74, 6) is -2.17. The number of nitro groups is 2. The van der Waals surface area contributed by atoms with Crippen LogP contribution in [0.15, 0.2) is 12.1 Å². The average Bonchev–Trinajstić information content (AvgIpc) is 2.79. The van der Waals surface area contributed by atoms with Gasteiger partial charge in [0.05, 0.1) is 15.8 Å². The summed E-state index contributed by atoms with van der Waals surface area (Å²) in [5, 5.41) is 22.4. The summed E-state index contributed by atoms with van der Waals surface area (Å²) in [5.41, 5.74) is 3.94. The Hall–Kier alpha value is -3.04. The van der Waals surface area contributed by atoms with Crippen LogP contribution in [-0.2, 0) is 9.59 Å². The van der Waals surface area contributed by atoms with Crippen molar-refractivity contribution in [3.8, 4) is 0 Å². The van der Waals surface area contributed by atoms with Crippen molar-refractivity contribution in [3.05, 3.63) is 37.9 Å². The Kier molecular flexibility index (Phi) is 3.76. The highest BCUT2D eigenvalue weighted by Crippen LogP contribution is 2.41. The summed E-state index contributed by atoms with van der Waals surface area (Å²) in [7, 11) is 0. The van der Waals surface area contributed by atoms with Crippen molar-refractivity contribution in [1.29, 1.82) is 0 Å². The van der Waals surface area contributed by atoms with E-state index in [1.54, 1.807) is 0 Å². The molecule has 0 aliphatic carbocycles. The van der Waals surface area contributed by atoms with E-state index in [9.17, 15) is 29.8 Å². The van der Waals surface area contributed by atoms with Crippen LogP contribution in [0, 0.1) is 33.1 Å². The van der Waals surface area contributed by atoms with Gasteiger partial charge in [0, 0.05) is 25.1 Å². The van der Waals surface area contributed by atoms with Crippen LogP contribution in [0.4, 0.5) is 17.1 Å². The van der Waals surface area contributed by atoms with Crippen molar-refractivity contribution >= 4 is 28.9 Å². The zero-order valence-corrected chi connectivity index (χ0v) is 11.5. The normalized spacial score (nSPS) is 17.6. The molecule has 1 aliphatic heterocycles. The first-order valence-electron chi connectivity index (χ1n) is 6.25. The number of nitro benzene ring substituents is 2. The zero-order valence-electron chi connectivity index (χ0n) is 11.5. The summed E-state index contributed by atoms with van der Waals surface area (Å²) < 4.78 is 0. The summed E-state index contributed by atoms with van der Waals surface area (Å²) in [6, 6.07) is 2.29. The number of benzene rings is 1. The molecule has 116 valence electrons. The highest BCUT2D eigenvalue weighted by Gasteiger charge is 2.41. The van der Waals surface area contributed by atoms with E-state index < -0.39 is 44.6 Å². The van der Waals surface area contributed by atoms with Gasteiger partial charge in [-0.1, -0.05) is 0 Å². The fourth-order valence-electron chi connectivity index (χ4n) is 2.41. The lowest BCUT2D eigenvalue weighted by Gasteiger charge is -2.16. The minimum absolute atomic E-state index is 0.209. The van der Waals surface area contributed by atoms with E-state index in [0.29, 0.717) is 5.56 Å². The molecule has 10 nitrogen and oxygen atoms in total. The number of hydrogen-bond donors (Lipinski definition) is 1. The maximum absolute atomic E-state index is 12.0. The van der Waals surface area contributed by atoms with Crippen LogP contribution in [0.1, 0.15) is 12.0 Å². The lowest BCUT2D eigenvalue weighted by Crippen LogP contribution is -2.29. The highest BCUT2D eigenvalue weighted by atomic mass is 16.6. The molecule has 2 N–H and O–H groups in total. The lowest BCUT2D eigenvalue weighted by molar-refractivity contribution is -0.392. The van der Waals surface area contributed by atoms with Crippen LogP contribution >= 0.6 is 0 Å². The van der Waals surface area contributed by atoms with Gasteiger partial charge in [0.25, 0.3) is 11.4 Å². The second-order valence-electron chi connectivity index (χ2n) is 4.97. The molecule has 0 saturated carbocycles. The molecular formula is C12H12N4O6. The number of aryl methyl sites for hydroxylation is 1. The summed E-state index contributed by atoms with van der Waals surface area (Å²) >= 11 is 0. The van der Waals surface area contributed by atoms with E-state index in [-0.39, 0.29) is 13.0 Å². The molecule has 1 atom stereocenters. The molecular weight excluding hydrogens is 296 g/mol. The van der Waals surface area contributed by atoms with Crippen LogP contribution < -0.4 is 10.6 Å². The molecule has 10 heteroatoms. The van der Waals surface area contributed by atoms with Gasteiger partial charge in [0.15, 0.2) is 0 Å². The molecule has 1 aliphatic rings. The van der Waals surface area contributed by atoms with Crippen LogP contribution in [0.25, 0.3) is 0 Å². The SMILES string of the molecule is Cc1cc([N+](=O)[O-])c(N2CC(C(N)=O)CC2=O)c([N+](=O)[O-])c1. The van der Waals surface area contributed by atoms with Gasteiger partial charge in [-0.15, -0.1) is 0 Å². The minimum Gasteiger partial charge on any atom is -0.369 e. The Labute approximate surface area is 123 Å². The van der Waals surface area contributed by atoms with Crippen molar-refractivity contribution in [1.82, 2.24) is 0 Å². The predicted octanol–water partition coefficient (Wildman–Crippen LogP) is 0.650. The first-order valence-corrected chi connectivity index (χ1v) is 6.25. The fraction of sp³-hybridized carbons (Fsp3) is 0.333. The quantitative estimate of drug-likeness (QED) is 0.637. The number of nitrogens with two attached hydrogens (primary N) is 1. The van der Waals surface area contributed by atoms with E-state index in [4.69, 9.17) is 5.73 Å². The van der Waals surface area contributed by atoms with E-state index in [0.717, 1.165) is 17.0 Å². The lowest BCUT2D eigenvalue weighted by atomic mass is 10.1. The average molecular weight is 308 g/mol. The number of nitrogens with zero attached hydrogens (tertiary/aromatic N) is 3. The highest BCUT2D eigenvalue weighted by molar-refractivity contribution is 6.03. The van der Waals surface area contributed by atoms with Crippen LogP contribution in [0.2, 0.25) is 0 Å². The third kappa shape index (κ3) is 2.57. The molecule has 1 fully saturated rings. The van der Waals surface area contributed by atoms with E-state index in [2.05, 4.69) is 0 Å². The molecule has 0 radical (unpaired) electrons. The van der Waals surface area contributed by atoms with Crippen molar-refractivity contribution in [2.45, 2.75) is 13.3 Å². The first-order chi connectivity index (χ1) is 10.2. The number of rotatable bonds is 4. The van der Waals surface area contributed by atoms with Crippen molar-refractivity contribution in [2.75, 3.05) is 11.4 Å². The second-order valence-corrected chi connectivity index (χ2v) is 4.97. The maximum atomic E-state index is 12.0. The molecule has 1 unspecified atom stereocenters. The van der Waals surface area contributed by atoms with Crippen LogP contribution in [0.3, 0.4) is 0 Å². The van der Waals surface area contributed by atoms with Gasteiger partial charge >= 0.3 is 0 Å². The number of primary amides is 1. The number of anilines is 1. The summed E-state index contributed by atoms with van der Waals surface area (Å²) in [4.78, 5) is 44.9. The number of amides is 2. The molecule has 1 aromatic carbocycles. The smallest absolute Gasteiger partial charge is 0.300 e. The Bertz CT molecular complexity index is 666. The largest absolute Gasteiger partial charge is 0.369 e. The molecule has 0 aromatic heterocycles. The third-order valence-electron chi connectivity index (χ3n) is 3.40. The van der Waals surface area contributed by atoms with Crippen LogP contribution in [-0.4, -0.2) is 28.2 Å². The van der Waals surface area contributed by atoms with E-state index >= 15 is 0 Å². The van der Waals surface area contributed by atoms with Gasteiger partial charge in [0.1, 0.15) is 0 Å². The molecule has 2 rings (SSSR count). The number of carbonyl (C=O) groups is 2. The zero-order chi connectivity index (χ0) is 16.6. The first kappa shape index (κ1) is 15.4. The summed E-state index contributed by atoms with van der Waals surface area (Å²) in [6.45, 7) is 1.26. The Morgan fingerprint density at radius 1 is 1.27 bits per heavy atom. The van der Waals surface area contributed by atoms with E-state index in [1.165, 1.54) is 6.92 Å². The van der Waals surface area contributed by atoms with Crippen molar-refractivity contribution < 1.29 is 19.4 Å².